The van der Waals surface area contributed by atoms with Crippen molar-refractivity contribution in [1.82, 2.24) is 9.55 Å². The van der Waals surface area contributed by atoms with E-state index in [1.165, 1.54) is 81.7 Å². The van der Waals surface area contributed by atoms with Gasteiger partial charge in [0.15, 0.2) is 0 Å². The highest BCUT2D eigenvalue weighted by Crippen LogP contribution is 2.44. The Morgan fingerprint density at radius 2 is 1.12 bits per heavy atom. The van der Waals surface area contributed by atoms with E-state index in [-0.39, 0.29) is 0 Å². The summed E-state index contributed by atoms with van der Waals surface area (Å²) in [7, 11) is 18.8. The Morgan fingerprint density at radius 1 is 0.579 bits per heavy atom. The normalized spacial score (nSPS) is 13.6. The van der Waals surface area contributed by atoms with Gasteiger partial charge in [0, 0.05) is 10.9 Å². The fraction of sp³-hybridized carbons (Fsp3) is 0.114. The molecule has 0 bridgehead atoms. The second-order valence-electron chi connectivity index (χ2n) is 17.5. The van der Waals surface area contributed by atoms with Gasteiger partial charge in [-0.25, -0.2) is 4.98 Å². The lowest BCUT2D eigenvalue weighted by Crippen LogP contribution is -2.55. The molecular weight excluding hydrogens is 686 g/mol. The van der Waals surface area contributed by atoms with Gasteiger partial charge in [-0.05, 0) is 113 Å². The maximum absolute atomic E-state index is 11.9. The van der Waals surface area contributed by atoms with Gasteiger partial charge in [-0.1, -0.05) is 101 Å². The molecule has 268 valence electrons. The number of fused-ring (bicyclic) bond motifs is 5. The van der Waals surface area contributed by atoms with Crippen LogP contribution in [0.1, 0.15) is 29.8 Å². The second-order valence-corrected chi connectivity index (χ2v) is 17.5. The first kappa shape index (κ1) is 37.5. The molecule has 57 heavy (non-hydrogen) atoms. The number of nitrogens with zero attached hydrogens (tertiary/aromatic N) is 2. The Labute approximate surface area is 342 Å². The number of rotatable bonds is 5. The van der Waals surface area contributed by atoms with Crippen LogP contribution < -0.4 is 37.8 Å². The molecule has 0 radical (unpaired) electrons. The van der Waals surface area contributed by atoms with E-state index in [2.05, 4.69) is 157 Å². The van der Waals surface area contributed by atoms with Gasteiger partial charge < -0.3 is 14.8 Å². The number of hydrogen-bond donors (Lipinski definition) is 2. The van der Waals surface area contributed by atoms with Crippen LogP contribution in [0.15, 0.2) is 97.1 Å². The second kappa shape index (κ2) is 13.2. The number of phenolic OH excluding ortho intramolecular Hbond substituents is 1. The molecule has 1 heterocycles. The van der Waals surface area contributed by atoms with E-state index in [1.807, 2.05) is 21.8 Å². The van der Waals surface area contributed by atoms with Gasteiger partial charge in [-0.15, -0.1) is 5.46 Å². The molecule has 2 N–H and O–H groups in total. The zero-order valence-electron chi connectivity index (χ0n) is 34.9. The minimum atomic E-state index is -1.01. The standard InChI is InChI=1S/C44H43B9N2O2/c1-20-31-34(37(46)40(49)36(20)45)35(39(48)41(56)38(31)47)33-25-14-6-4-12-23(25)32(24-13-5-7-15-26(24)33)27-18-19-29(22-11-3-2-10-21(22)27)55-30-17-9-8-16-28(30)54-42(55)43(50,51)44(52,53)57/h2-17,56-57H,18-19,45-53H2,1H3. The van der Waals surface area contributed by atoms with Crippen molar-refractivity contribution in [3.8, 4) is 16.9 Å². The molecule has 7 aromatic carbocycles. The molecule has 1 aromatic heterocycles. The number of aryl methyl sites for hydroxylation is 1. The average Bonchev–Trinajstić information content (AvgIpc) is 3.60. The summed E-state index contributed by atoms with van der Waals surface area (Å²) in [6.07, 6.45) is 1.64. The van der Waals surface area contributed by atoms with Crippen LogP contribution in [0.5, 0.6) is 5.75 Å². The van der Waals surface area contributed by atoms with Crippen LogP contribution in [-0.2, 0) is 5.21 Å². The topological polar surface area (TPSA) is 58.3 Å². The van der Waals surface area contributed by atoms with Gasteiger partial charge in [0.1, 0.15) is 82.2 Å². The molecule has 0 aliphatic heterocycles. The summed E-state index contributed by atoms with van der Waals surface area (Å²) in [5, 5.41) is 31.3. The summed E-state index contributed by atoms with van der Waals surface area (Å²) < 4.78 is 2.34. The molecule has 1 aliphatic rings. The van der Waals surface area contributed by atoms with E-state index >= 15 is 0 Å². The van der Waals surface area contributed by atoms with Crippen LogP contribution in [0.2, 0.25) is 0 Å². The summed E-state index contributed by atoms with van der Waals surface area (Å²) in [5.74, 6) is 1.24. The Kier molecular flexibility index (Phi) is 8.68. The third kappa shape index (κ3) is 5.34. The van der Waals surface area contributed by atoms with Crippen LogP contribution >= 0.6 is 0 Å². The van der Waals surface area contributed by atoms with Crippen molar-refractivity contribution in [2.45, 2.75) is 30.4 Å². The van der Waals surface area contributed by atoms with Crippen LogP contribution in [0.4, 0.5) is 0 Å². The summed E-state index contributed by atoms with van der Waals surface area (Å²) in [6, 6.07) is 35.0. The van der Waals surface area contributed by atoms with Crippen molar-refractivity contribution in [3.05, 3.63) is 124 Å². The lowest BCUT2D eigenvalue weighted by molar-refractivity contribution is 0.189. The third-order valence-corrected chi connectivity index (χ3v) is 14.0. The molecule has 0 fully saturated rings. The molecule has 0 unspecified atom stereocenters. The lowest BCUT2D eigenvalue weighted by atomic mass is 9.35. The summed E-state index contributed by atoms with van der Waals surface area (Å²) >= 11 is 0. The number of benzene rings is 7. The Balaban J connectivity index is 1.44. The first-order valence-electron chi connectivity index (χ1n) is 20.3. The predicted molar refractivity (Wildman–Crippen MR) is 268 cm³/mol. The highest BCUT2D eigenvalue weighted by Gasteiger charge is 2.41. The first-order valence-corrected chi connectivity index (χ1v) is 20.3. The smallest absolute Gasteiger partial charge is 0.145 e. The fourth-order valence-corrected chi connectivity index (χ4v) is 9.83. The first-order chi connectivity index (χ1) is 27.1. The predicted octanol–water partition coefficient (Wildman–Crippen LogP) is -4.55. The van der Waals surface area contributed by atoms with Crippen molar-refractivity contribution in [2.75, 3.05) is 0 Å². The molecular formula is C44H43B9N2O2. The third-order valence-electron chi connectivity index (χ3n) is 14.0. The summed E-state index contributed by atoms with van der Waals surface area (Å²) in [4.78, 5) is 5.22. The molecule has 9 rings (SSSR count). The maximum atomic E-state index is 11.9. The molecule has 0 spiro atoms. The maximum Gasteiger partial charge on any atom is 0.145 e. The quantitative estimate of drug-likeness (QED) is 0.139. The largest absolute Gasteiger partial charge is 0.509 e. The number of phenols is 1. The number of hydrogen-bond acceptors (Lipinski definition) is 3. The number of para-hydroxylation sites is 2. The number of imidazole rings is 1. The lowest BCUT2D eigenvalue weighted by Gasteiger charge is -2.38. The Hall–Kier alpha value is -5.13. The van der Waals surface area contributed by atoms with Crippen LogP contribution in [0.3, 0.4) is 0 Å². The molecule has 8 aromatic rings. The molecule has 13 heteroatoms. The SMILES string of the molecule is Bc1c(B)c(C)c2c(B)c(O)c(B)c(-c3c4ccccc4c(C4=c5ccccc5=C(n5c(C(B)(B)C(B)(B)O)nc6ccccc65)CC4)c4ccccc34)c2c1B. The highest BCUT2D eigenvalue weighted by atomic mass is 16.3. The van der Waals surface area contributed by atoms with E-state index < -0.39 is 10.6 Å². The monoisotopic (exact) mass is 730 g/mol. The number of aromatic hydroxyl groups is 1. The average molecular weight is 729 g/mol. The van der Waals surface area contributed by atoms with Gasteiger partial charge in [0.2, 0.25) is 0 Å². The highest BCUT2D eigenvalue weighted by molar-refractivity contribution is 6.64. The van der Waals surface area contributed by atoms with Gasteiger partial charge in [-0.2, -0.15) is 0 Å². The van der Waals surface area contributed by atoms with Gasteiger partial charge in [0.25, 0.3) is 0 Å². The van der Waals surface area contributed by atoms with Crippen molar-refractivity contribution in [1.29, 1.82) is 0 Å². The summed E-state index contributed by atoms with van der Waals surface area (Å²) in [6.45, 7) is 2.21. The fourth-order valence-electron chi connectivity index (χ4n) is 9.83. The molecule has 0 amide bonds. The minimum Gasteiger partial charge on any atom is -0.509 e. The molecule has 0 atom stereocenters. The number of aliphatic hydroxyl groups is 1. The summed E-state index contributed by atoms with van der Waals surface area (Å²) in [5.41, 5.74) is 15.0. The van der Waals surface area contributed by atoms with Gasteiger partial charge >= 0.3 is 0 Å². The van der Waals surface area contributed by atoms with Crippen molar-refractivity contribution < 1.29 is 10.2 Å². The van der Waals surface area contributed by atoms with Gasteiger partial charge in [-0.3, -0.25) is 0 Å². The van der Waals surface area contributed by atoms with Crippen molar-refractivity contribution in [2.24, 2.45) is 0 Å². The van der Waals surface area contributed by atoms with E-state index in [1.54, 1.807) is 0 Å². The number of aromatic nitrogens is 2. The Morgan fingerprint density at radius 3 is 1.74 bits per heavy atom. The van der Waals surface area contributed by atoms with E-state index in [0.29, 0.717) is 5.75 Å². The zero-order valence-corrected chi connectivity index (χ0v) is 34.9. The molecule has 0 saturated carbocycles. The van der Waals surface area contributed by atoms with E-state index in [9.17, 15) is 10.2 Å². The van der Waals surface area contributed by atoms with Crippen molar-refractivity contribution in [3.63, 3.8) is 0 Å². The molecule has 1 aliphatic carbocycles. The molecule has 4 nitrogen and oxygen atoms in total. The van der Waals surface area contributed by atoms with Crippen LogP contribution in [-0.4, -0.2) is 95.8 Å². The van der Waals surface area contributed by atoms with E-state index in [0.717, 1.165) is 51.6 Å². The van der Waals surface area contributed by atoms with Crippen LogP contribution in [0.25, 0.3) is 65.7 Å². The Bertz CT molecular complexity index is 3120. The van der Waals surface area contributed by atoms with Crippen molar-refractivity contribution >= 4 is 153 Å². The van der Waals surface area contributed by atoms with Crippen LogP contribution in [0, 0.1) is 6.92 Å². The minimum absolute atomic E-state index is 0.373. The van der Waals surface area contributed by atoms with E-state index in [4.69, 9.17) is 4.98 Å². The zero-order chi connectivity index (χ0) is 40.3. The van der Waals surface area contributed by atoms with Gasteiger partial charge in [0.05, 0.1) is 11.0 Å². The molecule has 0 saturated heterocycles.